The fraction of sp³-hybridized carbons (Fsp3) is 0.538. The molecular weight excluding hydrogens is 200 g/mol. The zero-order valence-electron chi connectivity index (χ0n) is 10.1. The Kier molecular flexibility index (Phi) is 3.80. The van der Waals surface area contributed by atoms with Gasteiger partial charge in [0.1, 0.15) is 5.75 Å². The quantitative estimate of drug-likeness (QED) is 0.820. The van der Waals surface area contributed by atoms with Crippen LogP contribution in [-0.4, -0.2) is 38.7 Å². The van der Waals surface area contributed by atoms with Crippen molar-refractivity contribution in [2.24, 2.45) is 0 Å². The van der Waals surface area contributed by atoms with Gasteiger partial charge in [-0.25, -0.2) is 0 Å². The Morgan fingerprint density at radius 3 is 2.94 bits per heavy atom. The van der Waals surface area contributed by atoms with Crippen LogP contribution in [0.15, 0.2) is 24.3 Å². The predicted molar refractivity (Wildman–Crippen MR) is 65.9 cm³/mol. The molecule has 1 aliphatic heterocycles. The van der Waals surface area contributed by atoms with Gasteiger partial charge in [0.25, 0.3) is 0 Å². The van der Waals surface area contributed by atoms with E-state index in [0.717, 1.165) is 31.8 Å². The molecule has 1 N–H and O–H groups in total. The molecule has 0 bridgehead atoms. The minimum absolute atomic E-state index is 0.418. The molecule has 1 aromatic rings. The summed E-state index contributed by atoms with van der Waals surface area (Å²) in [5, 5.41) is 3.58. The normalized spacial score (nSPS) is 22.8. The van der Waals surface area contributed by atoms with Crippen molar-refractivity contribution in [2.45, 2.75) is 12.5 Å². The number of likely N-dealkylation sites (N-methyl/N-ethyl adjacent to an activating group) is 1. The van der Waals surface area contributed by atoms with Gasteiger partial charge in [-0.05, 0) is 26.1 Å². The van der Waals surface area contributed by atoms with E-state index in [-0.39, 0.29) is 0 Å². The fourth-order valence-corrected chi connectivity index (χ4v) is 2.21. The van der Waals surface area contributed by atoms with Gasteiger partial charge in [0.15, 0.2) is 0 Å². The second-order valence-corrected chi connectivity index (χ2v) is 4.34. The van der Waals surface area contributed by atoms with Crippen LogP contribution < -0.4 is 10.1 Å². The van der Waals surface area contributed by atoms with Crippen LogP contribution in [0.2, 0.25) is 0 Å². The summed E-state index contributed by atoms with van der Waals surface area (Å²) in [6.07, 6.45) is 1.14. The Morgan fingerprint density at radius 1 is 1.31 bits per heavy atom. The summed E-state index contributed by atoms with van der Waals surface area (Å²) in [6, 6.07) is 8.70. The van der Waals surface area contributed by atoms with Crippen LogP contribution in [0.4, 0.5) is 0 Å². The molecule has 1 unspecified atom stereocenters. The van der Waals surface area contributed by atoms with Crippen molar-refractivity contribution in [3.8, 4) is 5.75 Å². The molecule has 1 atom stereocenters. The van der Waals surface area contributed by atoms with Crippen molar-refractivity contribution in [1.29, 1.82) is 0 Å². The molecule has 1 fully saturated rings. The molecule has 1 aliphatic rings. The van der Waals surface area contributed by atoms with E-state index in [9.17, 15) is 0 Å². The minimum Gasteiger partial charge on any atom is -0.496 e. The third-order valence-corrected chi connectivity index (χ3v) is 3.20. The summed E-state index contributed by atoms with van der Waals surface area (Å²) in [6.45, 7) is 3.29. The topological polar surface area (TPSA) is 24.5 Å². The molecule has 88 valence electrons. The maximum Gasteiger partial charge on any atom is 0.123 e. The highest BCUT2D eigenvalue weighted by atomic mass is 16.5. The average Bonchev–Trinajstić information content (AvgIpc) is 2.54. The Hall–Kier alpha value is -1.06. The van der Waals surface area contributed by atoms with Crippen molar-refractivity contribution in [1.82, 2.24) is 10.2 Å². The van der Waals surface area contributed by atoms with E-state index in [4.69, 9.17) is 4.74 Å². The first-order chi connectivity index (χ1) is 7.81. The standard InChI is InChI=1S/C13H20N2O/c1-15-9-7-12(14-8-10-15)11-5-3-4-6-13(11)16-2/h3-6,12,14H,7-10H2,1-2H3. The van der Waals surface area contributed by atoms with Crippen LogP contribution in [0.3, 0.4) is 0 Å². The molecule has 0 saturated carbocycles. The molecule has 2 rings (SSSR count). The predicted octanol–water partition coefficient (Wildman–Crippen LogP) is 1.66. The summed E-state index contributed by atoms with van der Waals surface area (Å²) >= 11 is 0. The number of methoxy groups -OCH3 is 1. The largest absolute Gasteiger partial charge is 0.496 e. The van der Waals surface area contributed by atoms with E-state index in [0.29, 0.717) is 6.04 Å². The molecule has 1 saturated heterocycles. The molecule has 0 aromatic heterocycles. The Bertz CT molecular complexity index is 340. The molecule has 0 aliphatic carbocycles. The molecule has 1 heterocycles. The molecule has 0 spiro atoms. The first kappa shape index (κ1) is 11.4. The Labute approximate surface area is 97.4 Å². The average molecular weight is 220 g/mol. The number of ether oxygens (including phenoxy) is 1. The summed E-state index contributed by atoms with van der Waals surface area (Å²) in [5.41, 5.74) is 1.28. The lowest BCUT2D eigenvalue weighted by Gasteiger charge is -2.18. The lowest BCUT2D eigenvalue weighted by molar-refractivity contribution is 0.353. The molecule has 3 heteroatoms. The minimum atomic E-state index is 0.418. The SMILES string of the molecule is COc1ccccc1C1CCN(C)CCN1. The first-order valence-electron chi connectivity index (χ1n) is 5.86. The van der Waals surface area contributed by atoms with Crippen LogP contribution in [0.1, 0.15) is 18.0 Å². The van der Waals surface area contributed by atoms with E-state index < -0.39 is 0 Å². The lowest BCUT2D eigenvalue weighted by Crippen LogP contribution is -2.25. The number of rotatable bonds is 2. The van der Waals surface area contributed by atoms with Crippen LogP contribution in [0.25, 0.3) is 0 Å². The van der Waals surface area contributed by atoms with Gasteiger partial charge < -0.3 is 15.0 Å². The van der Waals surface area contributed by atoms with Gasteiger partial charge in [-0.3, -0.25) is 0 Å². The molecule has 16 heavy (non-hydrogen) atoms. The molecule has 0 radical (unpaired) electrons. The smallest absolute Gasteiger partial charge is 0.123 e. The number of benzene rings is 1. The van der Waals surface area contributed by atoms with E-state index in [1.165, 1.54) is 5.56 Å². The van der Waals surface area contributed by atoms with Crippen molar-refractivity contribution in [3.05, 3.63) is 29.8 Å². The van der Waals surface area contributed by atoms with Crippen molar-refractivity contribution < 1.29 is 4.74 Å². The maximum absolute atomic E-state index is 5.41. The highest BCUT2D eigenvalue weighted by molar-refractivity contribution is 5.35. The number of hydrogen-bond donors (Lipinski definition) is 1. The molecule has 0 amide bonds. The van der Waals surface area contributed by atoms with Gasteiger partial charge in [0, 0.05) is 24.7 Å². The third-order valence-electron chi connectivity index (χ3n) is 3.20. The monoisotopic (exact) mass is 220 g/mol. The van der Waals surface area contributed by atoms with Gasteiger partial charge in [-0.1, -0.05) is 18.2 Å². The van der Waals surface area contributed by atoms with Crippen LogP contribution in [0, 0.1) is 0 Å². The van der Waals surface area contributed by atoms with Crippen molar-refractivity contribution >= 4 is 0 Å². The third kappa shape index (κ3) is 2.54. The highest BCUT2D eigenvalue weighted by Gasteiger charge is 2.18. The Balaban J connectivity index is 2.16. The maximum atomic E-state index is 5.41. The van der Waals surface area contributed by atoms with Gasteiger partial charge in [-0.15, -0.1) is 0 Å². The van der Waals surface area contributed by atoms with Crippen LogP contribution in [-0.2, 0) is 0 Å². The summed E-state index contributed by atoms with van der Waals surface area (Å²) in [7, 11) is 3.91. The second-order valence-electron chi connectivity index (χ2n) is 4.34. The zero-order valence-corrected chi connectivity index (χ0v) is 10.1. The zero-order chi connectivity index (χ0) is 11.4. The van der Waals surface area contributed by atoms with Crippen LogP contribution in [0.5, 0.6) is 5.75 Å². The number of hydrogen-bond acceptors (Lipinski definition) is 3. The summed E-state index contributed by atoms with van der Waals surface area (Å²) in [4.78, 5) is 2.36. The van der Waals surface area contributed by atoms with Crippen molar-refractivity contribution in [2.75, 3.05) is 33.8 Å². The van der Waals surface area contributed by atoms with Crippen molar-refractivity contribution in [3.63, 3.8) is 0 Å². The molecule has 3 nitrogen and oxygen atoms in total. The van der Waals surface area contributed by atoms with Gasteiger partial charge in [0.05, 0.1) is 7.11 Å². The van der Waals surface area contributed by atoms with E-state index >= 15 is 0 Å². The fourth-order valence-electron chi connectivity index (χ4n) is 2.21. The second kappa shape index (κ2) is 5.32. The van der Waals surface area contributed by atoms with Gasteiger partial charge in [-0.2, -0.15) is 0 Å². The number of nitrogens with one attached hydrogen (secondary N) is 1. The Morgan fingerprint density at radius 2 is 2.12 bits per heavy atom. The number of para-hydroxylation sites is 1. The van der Waals surface area contributed by atoms with E-state index in [2.05, 4.69) is 29.4 Å². The van der Waals surface area contributed by atoms with Crippen LogP contribution >= 0.6 is 0 Å². The van der Waals surface area contributed by atoms with E-state index in [1.807, 2.05) is 12.1 Å². The summed E-state index contributed by atoms with van der Waals surface area (Å²) in [5.74, 6) is 0.990. The van der Waals surface area contributed by atoms with Gasteiger partial charge in [0.2, 0.25) is 0 Å². The van der Waals surface area contributed by atoms with E-state index in [1.54, 1.807) is 7.11 Å². The van der Waals surface area contributed by atoms with Gasteiger partial charge >= 0.3 is 0 Å². The lowest BCUT2D eigenvalue weighted by atomic mass is 10.0. The highest BCUT2D eigenvalue weighted by Crippen LogP contribution is 2.27. The number of nitrogens with zero attached hydrogens (tertiary/aromatic N) is 1. The summed E-state index contributed by atoms with van der Waals surface area (Å²) < 4.78 is 5.41. The first-order valence-corrected chi connectivity index (χ1v) is 5.86. The molecular formula is C13H20N2O. The molecule has 1 aromatic carbocycles.